The maximum absolute atomic E-state index is 6.83. The van der Waals surface area contributed by atoms with Crippen molar-refractivity contribution >= 4 is 44.4 Å². The first-order valence-corrected chi connectivity index (χ1v) is 26.5. The molecule has 0 saturated carbocycles. The predicted molar refractivity (Wildman–Crippen MR) is 155 cm³/mol. The first kappa shape index (κ1) is 29.6. The number of imidazole rings is 1. The van der Waals surface area contributed by atoms with Crippen molar-refractivity contribution in [2.75, 3.05) is 6.61 Å². The number of aryl methyl sites for hydroxylation is 1. The lowest BCUT2D eigenvalue weighted by Gasteiger charge is -2.34. The highest BCUT2D eigenvalue weighted by molar-refractivity contribution is 6.74. The van der Waals surface area contributed by atoms with Gasteiger partial charge >= 0.3 is 0 Å². The van der Waals surface area contributed by atoms with E-state index < -0.39 is 39.4 Å². The molecule has 0 N–H and O–H groups in total. The molecule has 1 aliphatic rings. The Hall–Kier alpha value is -0.942. The molecule has 4 atom stereocenters. The average molecular weight is 570 g/mol. The summed E-state index contributed by atoms with van der Waals surface area (Å²) in [6.07, 6.45) is 2.53. The summed E-state index contributed by atoms with van der Waals surface area (Å²) in [5, 5.41) is 0. The number of fused-ring (bicyclic) bond motifs is 1. The molecule has 0 bridgehead atoms. The van der Waals surface area contributed by atoms with Crippen LogP contribution in [0.1, 0.15) is 6.23 Å². The molecule has 3 heterocycles. The molecule has 1 aliphatic heterocycles. The van der Waals surface area contributed by atoms with E-state index in [9.17, 15) is 0 Å². The predicted octanol–water partition coefficient (Wildman–Crippen LogP) is 4.69. The number of rotatable bonds is 9. The van der Waals surface area contributed by atoms with E-state index in [-0.39, 0.29) is 18.3 Å². The Balaban J connectivity index is 2.15. The number of hydrogen-bond donors (Lipinski definition) is 0. The summed E-state index contributed by atoms with van der Waals surface area (Å²) in [6, 6.07) is 0. The van der Waals surface area contributed by atoms with Crippen molar-refractivity contribution in [2.45, 2.75) is 103 Å². The van der Waals surface area contributed by atoms with Crippen LogP contribution in [0.3, 0.4) is 0 Å². The maximum Gasteiger partial charge on any atom is 0.184 e. The van der Waals surface area contributed by atoms with E-state index in [2.05, 4.69) is 88.1 Å². The van der Waals surface area contributed by atoms with E-state index in [0.29, 0.717) is 12.1 Å². The first-order chi connectivity index (χ1) is 16.2. The maximum atomic E-state index is 6.83. The van der Waals surface area contributed by atoms with Crippen molar-refractivity contribution in [1.82, 2.24) is 19.1 Å². The molecule has 13 heteroatoms. The summed E-state index contributed by atoms with van der Waals surface area (Å²) < 4.78 is 35.8. The molecule has 1 unspecified atom stereocenters. The number of nitrogens with zero attached hydrogens (tertiary/aromatic N) is 5. The molecule has 9 nitrogen and oxygen atoms in total. The summed E-state index contributed by atoms with van der Waals surface area (Å²) in [7, 11) is -5.38. The lowest BCUT2D eigenvalue weighted by atomic mass is 10.1. The number of aromatic nitrogens is 4. The zero-order valence-corrected chi connectivity index (χ0v) is 28.5. The smallest absolute Gasteiger partial charge is 0.184 e. The third-order valence-electron chi connectivity index (χ3n) is 5.33. The lowest BCUT2D eigenvalue weighted by molar-refractivity contribution is -0.0458. The van der Waals surface area contributed by atoms with Crippen molar-refractivity contribution in [3.8, 4) is 0 Å². The topological polar surface area (TPSA) is 84.9 Å². The molecule has 2 aromatic rings. The highest BCUT2D eigenvalue weighted by Crippen LogP contribution is 2.38. The second-order valence-electron chi connectivity index (χ2n) is 13.7. The van der Waals surface area contributed by atoms with Gasteiger partial charge in [-0.15, -0.1) is 0 Å². The van der Waals surface area contributed by atoms with Crippen molar-refractivity contribution < 1.29 is 18.0 Å². The van der Waals surface area contributed by atoms with Crippen LogP contribution in [0, 0.1) is 0 Å². The van der Waals surface area contributed by atoms with Gasteiger partial charge in [-0.1, -0.05) is 0 Å². The van der Waals surface area contributed by atoms with Crippen LogP contribution in [-0.4, -0.2) is 77.2 Å². The summed E-state index contributed by atoms with van der Waals surface area (Å²) in [5.74, 6) is 0. The van der Waals surface area contributed by atoms with Gasteiger partial charge in [0.15, 0.2) is 44.9 Å². The van der Waals surface area contributed by atoms with Gasteiger partial charge in [0.05, 0.1) is 19.3 Å². The fourth-order valence-electron chi connectivity index (χ4n) is 4.19. The zero-order chi connectivity index (χ0) is 27.3. The van der Waals surface area contributed by atoms with E-state index in [1.807, 2.05) is 24.3 Å². The summed E-state index contributed by atoms with van der Waals surface area (Å²) in [5.41, 5.74) is 2.38. The van der Waals surface area contributed by atoms with Crippen LogP contribution in [0.4, 0.5) is 0 Å². The second-order valence-corrected chi connectivity index (χ2v) is 31.7. The van der Waals surface area contributed by atoms with Crippen LogP contribution in [-0.2, 0) is 25.1 Å². The van der Waals surface area contributed by atoms with E-state index >= 15 is 0 Å². The molecule has 1 saturated heterocycles. The van der Waals surface area contributed by atoms with Gasteiger partial charge in [0.25, 0.3) is 0 Å². The van der Waals surface area contributed by atoms with Gasteiger partial charge in [0.2, 0.25) is 0 Å². The molecule has 2 aromatic heterocycles. The minimum absolute atomic E-state index is 0.222. The van der Waals surface area contributed by atoms with Crippen molar-refractivity contribution in [3.63, 3.8) is 0 Å². The Morgan fingerprint density at radius 3 is 1.94 bits per heavy atom. The molecule has 36 heavy (non-hydrogen) atoms. The fraction of sp³-hybridized carbons (Fsp3) is 0.783. The minimum Gasteiger partial charge on any atom is -0.415 e. The van der Waals surface area contributed by atoms with Gasteiger partial charge in [0, 0.05) is 7.05 Å². The summed E-state index contributed by atoms with van der Waals surface area (Å²) in [4.78, 5) is 9.38. The Bertz CT molecular complexity index is 1130. The third kappa shape index (κ3) is 7.79. The molecule has 0 radical (unpaired) electrons. The molecule has 204 valence electrons. The number of hydrogen-bond acceptors (Lipinski definition) is 7. The molecule has 0 aromatic carbocycles. The summed E-state index contributed by atoms with van der Waals surface area (Å²) >= 11 is 0. The van der Waals surface area contributed by atoms with Gasteiger partial charge in [-0.3, -0.25) is 4.57 Å². The Labute approximate surface area is 220 Å². The quantitative estimate of drug-likeness (QED) is 0.407. The lowest BCUT2D eigenvalue weighted by Crippen LogP contribution is -2.48. The summed E-state index contributed by atoms with van der Waals surface area (Å²) in [6.45, 7) is 27.0. The molecule has 0 spiro atoms. The van der Waals surface area contributed by atoms with Crippen molar-refractivity contribution in [3.05, 3.63) is 18.1 Å². The normalized spacial score (nSPS) is 24.8. The highest BCUT2D eigenvalue weighted by atomic mass is 28.4. The van der Waals surface area contributed by atoms with Gasteiger partial charge in [-0.2, -0.15) is 0 Å². The fourth-order valence-corrected chi connectivity index (χ4v) is 7.82. The number of ether oxygens (including phenoxy) is 1. The van der Waals surface area contributed by atoms with Crippen molar-refractivity contribution in [1.29, 1.82) is 0 Å². The van der Waals surface area contributed by atoms with Crippen LogP contribution in [0.25, 0.3) is 11.2 Å². The molecular weight excluding hydrogens is 523 g/mol. The Morgan fingerprint density at radius 2 is 1.42 bits per heavy atom. The highest BCUT2D eigenvalue weighted by Gasteiger charge is 2.50. The molecule has 0 aliphatic carbocycles. The molecule has 0 amide bonds. The molecule has 3 rings (SSSR count). The van der Waals surface area contributed by atoms with E-state index in [1.165, 1.54) is 0 Å². The molecular formula is C23H47N5O4Si4. The van der Waals surface area contributed by atoms with Crippen LogP contribution in [0.2, 0.25) is 78.6 Å². The average Bonchev–Trinajstić information content (AvgIpc) is 3.22. The standard InChI is InChI=1S/C23H47N5O4Si4/c1-27-15-25-21(26-33(2,3)4)18-22(27)28(16-24-18)23-20(32-36(11,12)13)19(31-35(8,9)10)17(30-23)14-29-34(5,6)7/h15-17,19-20,23H,14H2,1-13H3/b26-21-/t17-,19-,20-,23?/m0/s1. The minimum atomic E-state index is -1.95. The van der Waals surface area contributed by atoms with E-state index in [4.69, 9.17) is 27.7 Å². The van der Waals surface area contributed by atoms with Crippen LogP contribution in [0.15, 0.2) is 17.3 Å². The third-order valence-corrected chi connectivity index (χ3v) is 9.20. The SMILES string of the molecule is Cn1cn/c(=N\[Si](C)(C)C)c2ncn(C3O[C@@H](CO[Si](C)(C)C)[C@H](O[Si](C)(C)C)[C@@H]3O[Si](C)(C)C)c21. The van der Waals surface area contributed by atoms with Gasteiger partial charge < -0.3 is 27.2 Å². The Kier molecular flexibility index (Phi) is 8.49. The van der Waals surface area contributed by atoms with Gasteiger partial charge in [-0.05, 0) is 78.6 Å². The van der Waals surface area contributed by atoms with Crippen LogP contribution < -0.4 is 5.49 Å². The largest absolute Gasteiger partial charge is 0.415 e. The first-order valence-electron chi connectivity index (χ1n) is 12.8. The van der Waals surface area contributed by atoms with Gasteiger partial charge in [0.1, 0.15) is 29.5 Å². The van der Waals surface area contributed by atoms with E-state index in [0.717, 1.165) is 11.2 Å². The van der Waals surface area contributed by atoms with Gasteiger partial charge in [-0.25, -0.2) is 9.97 Å². The zero-order valence-electron chi connectivity index (χ0n) is 24.5. The monoisotopic (exact) mass is 569 g/mol. The van der Waals surface area contributed by atoms with E-state index in [1.54, 1.807) is 0 Å². The second kappa shape index (κ2) is 10.3. The van der Waals surface area contributed by atoms with Crippen LogP contribution >= 0.6 is 0 Å². The Morgan fingerprint density at radius 1 is 0.833 bits per heavy atom. The molecule has 1 fully saturated rings. The van der Waals surface area contributed by atoms with Crippen LogP contribution in [0.5, 0.6) is 0 Å². The van der Waals surface area contributed by atoms with Crippen molar-refractivity contribution in [2.24, 2.45) is 11.7 Å².